The zero-order valence-corrected chi connectivity index (χ0v) is 10.4. The highest BCUT2D eigenvalue weighted by Gasteiger charge is 1.88. The molecule has 1 heteroatoms. The van der Waals surface area contributed by atoms with Gasteiger partial charge in [0.25, 0.3) is 0 Å². The molecule has 0 saturated carbocycles. The number of allylic oxidation sites excluding steroid dienone is 2. The van der Waals surface area contributed by atoms with Crippen LogP contribution < -0.4 is 0 Å². The highest BCUT2D eigenvalue weighted by Crippen LogP contribution is 1.96. The second-order valence-corrected chi connectivity index (χ2v) is 2.21. The number of rotatable bonds is 2. The van der Waals surface area contributed by atoms with E-state index in [0.717, 1.165) is 17.0 Å². The summed E-state index contributed by atoms with van der Waals surface area (Å²) in [5, 5.41) is 0. The summed E-state index contributed by atoms with van der Waals surface area (Å²) >= 11 is 0. The zero-order chi connectivity index (χ0) is 11.4. The molecule has 0 aromatic carbocycles. The normalized spacial score (nSPS) is 8.69. The van der Waals surface area contributed by atoms with Crippen LogP contribution in [-0.2, 0) is 0 Å². The van der Waals surface area contributed by atoms with Crippen molar-refractivity contribution >= 4 is 5.71 Å². The molecule has 0 fully saturated rings. The topological polar surface area (TPSA) is 12.4 Å². The predicted molar refractivity (Wildman–Crippen MR) is 65.4 cm³/mol. The van der Waals surface area contributed by atoms with Gasteiger partial charge in [-0.3, -0.25) is 4.99 Å². The van der Waals surface area contributed by atoms with Gasteiger partial charge in [0.05, 0.1) is 0 Å². The molecule has 13 heavy (non-hydrogen) atoms. The van der Waals surface area contributed by atoms with E-state index in [1.807, 2.05) is 48.5 Å². The van der Waals surface area contributed by atoms with Gasteiger partial charge in [0.1, 0.15) is 0 Å². The first-order valence-electron chi connectivity index (χ1n) is 4.90. The third kappa shape index (κ3) is 18.3. The predicted octanol–water partition coefficient (Wildman–Crippen LogP) is 4.61. The molecule has 0 aliphatic heterocycles. The summed E-state index contributed by atoms with van der Waals surface area (Å²) in [5.74, 6) is 0. The molecule has 0 rings (SSSR count). The van der Waals surface area contributed by atoms with E-state index in [9.17, 15) is 0 Å². The van der Waals surface area contributed by atoms with Crippen molar-refractivity contribution in [3.63, 3.8) is 0 Å². The minimum atomic E-state index is 0.829. The van der Waals surface area contributed by atoms with Crippen LogP contribution in [0.25, 0.3) is 0 Å². The molecule has 0 bridgehead atoms. The molecule has 0 heterocycles. The molecule has 78 valence electrons. The van der Waals surface area contributed by atoms with Crippen LogP contribution in [0, 0.1) is 0 Å². The lowest BCUT2D eigenvalue weighted by molar-refractivity contribution is 1.31. The van der Waals surface area contributed by atoms with Gasteiger partial charge < -0.3 is 0 Å². The number of nitrogens with zero attached hydrogens (tertiary/aromatic N) is 1. The maximum atomic E-state index is 4.10. The van der Waals surface area contributed by atoms with Crippen molar-refractivity contribution in [1.82, 2.24) is 0 Å². The highest BCUT2D eigenvalue weighted by molar-refractivity contribution is 5.97. The van der Waals surface area contributed by atoms with Crippen LogP contribution >= 0.6 is 0 Å². The Hall–Kier alpha value is -0.850. The number of hydrogen-bond donors (Lipinski definition) is 0. The van der Waals surface area contributed by atoms with E-state index in [1.165, 1.54) is 0 Å². The highest BCUT2D eigenvalue weighted by atomic mass is 14.7. The molecule has 0 N–H and O–H groups in total. The number of aliphatic imine (C=N–C) groups is 1. The van der Waals surface area contributed by atoms with Crippen LogP contribution in [0.5, 0.6) is 0 Å². The Labute approximate surface area is 84.3 Å². The third-order valence-corrected chi connectivity index (χ3v) is 0.976. The molecule has 0 unspecified atom stereocenters. The minimum absolute atomic E-state index is 0.829. The maximum Gasteiger partial charge on any atom is 0.0398 e. The van der Waals surface area contributed by atoms with Gasteiger partial charge in [-0.15, -0.1) is 0 Å². The second-order valence-electron chi connectivity index (χ2n) is 2.21. The Morgan fingerprint density at radius 2 is 1.15 bits per heavy atom. The summed E-state index contributed by atoms with van der Waals surface area (Å²) in [7, 11) is 0. The van der Waals surface area contributed by atoms with E-state index in [4.69, 9.17) is 0 Å². The van der Waals surface area contributed by atoms with Crippen LogP contribution in [0.4, 0.5) is 0 Å². The minimum Gasteiger partial charge on any atom is -0.259 e. The van der Waals surface area contributed by atoms with E-state index < -0.39 is 0 Å². The summed E-state index contributed by atoms with van der Waals surface area (Å²) in [5.41, 5.74) is 2.79. The Morgan fingerprint density at radius 3 is 1.23 bits per heavy atom. The largest absolute Gasteiger partial charge is 0.259 e. The Balaban J connectivity index is -0.000000218. The van der Waals surface area contributed by atoms with Gasteiger partial charge in [-0.05, 0) is 26.3 Å². The van der Waals surface area contributed by atoms with E-state index in [0.29, 0.717) is 0 Å². The van der Waals surface area contributed by atoms with Crippen molar-refractivity contribution in [1.29, 1.82) is 0 Å². The van der Waals surface area contributed by atoms with Crippen molar-refractivity contribution in [2.75, 3.05) is 0 Å². The lowest BCUT2D eigenvalue weighted by atomic mass is 10.2. The molecule has 0 aromatic heterocycles. The van der Waals surface area contributed by atoms with Gasteiger partial charge in [0, 0.05) is 11.4 Å². The molecule has 0 spiro atoms. The molecule has 0 aromatic rings. The van der Waals surface area contributed by atoms with Crippen LogP contribution in [0.3, 0.4) is 0 Å². The van der Waals surface area contributed by atoms with Crippen molar-refractivity contribution in [3.8, 4) is 0 Å². The monoisotopic (exact) mass is 183 g/mol. The summed E-state index contributed by atoms with van der Waals surface area (Å²) in [6, 6.07) is 0. The van der Waals surface area contributed by atoms with E-state index in [1.54, 1.807) is 0 Å². The first kappa shape index (κ1) is 18.0. The fourth-order valence-electron chi connectivity index (χ4n) is 0.382. The van der Waals surface area contributed by atoms with Crippen molar-refractivity contribution in [2.24, 2.45) is 4.99 Å². The lowest BCUT2D eigenvalue weighted by Crippen LogP contribution is -1.90. The van der Waals surface area contributed by atoms with Crippen molar-refractivity contribution in [3.05, 3.63) is 24.4 Å². The van der Waals surface area contributed by atoms with Crippen LogP contribution in [-0.4, -0.2) is 5.71 Å². The van der Waals surface area contributed by atoms with Gasteiger partial charge in [0.2, 0.25) is 0 Å². The van der Waals surface area contributed by atoms with Crippen molar-refractivity contribution < 1.29 is 0 Å². The summed E-state index contributed by atoms with van der Waals surface area (Å²) in [6.45, 7) is 21.1. The summed E-state index contributed by atoms with van der Waals surface area (Å²) in [6.07, 6.45) is 0. The first-order chi connectivity index (χ1) is 6.04. The average molecular weight is 183 g/mol. The van der Waals surface area contributed by atoms with Crippen LogP contribution in [0.2, 0.25) is 0 Å². The van der Waals surface area contributed by atoms with E-state index in [-0.39, 0.29) is 0 Å². The SMILES string of the molecule is C=C(C)N=C(C)C(=C)C.CC.CC. The standard InChI is InChI=1S/C8H13N.2C2H6/c1-6(2)8(5)9-7(3)4;2*1-2/h1,3H2,2,4-5H3;2*1-2H3. The van der Waals surface area contributed by atoms with E-state index in [2.05, 4.69) is 18.2 Å². The summed E-state index contributed by atoms with van der Waals surface area (Å²) < 4.78 is 0. The fraction of sp³-hybridized carbons (Fsp3) is 0.583. The third-order valence-electron chi connectivity index (χ3n) is 0.976. The van der Waals surface area contributed by atoms with Crippen molar-refractivity contribution in [2.45, 2.75) is 48.5 Å². The van der Waals surface area contributed by atoms with Gasteiger partial charge >= 0.3 is 0 Å². The lowest BCUT2D eigenvalue weighted by Gasteiger charge is -1.95. The maximum absolute atomic E-state index is 4.10. The smallest absolute Gasteiger partial charge is 0.0398 e. The molecular formula is C12H25N. The summed E-state index contributed by atoms with van der Waals surface area (Å²) in [4.78, 5) is 4.10. The van der Waals surface area contributed by atoms with Gasteiger partial charge in [-0.2, -0.15) is 0 Å². The molecule has 0 amide bonds. The molecule has 0 radical (unpaired) electrons. The Kier molecular flexibility index (Phi) is 19.0. The molecule has 0 aliphatic carbocycles. The quantitative estimate of drug-likeness (QED) is 0.554. The first-order valence-corrected chi connectivity index (χ1v) is 4.90. The average Bonchev–Trinajstić information content (AvgIpc) is 2.10. The molecule has 0 saturated heterocycles. The zero-order valence-electron chi connectivity index (χ0n) is 10.4. The van der Waals surface area contributed by atoms with Gasteiger partial charge in [0.15, 0.2) is 0 Å². The number of hydrogen-bond acceptors (Lipinski definition) is 1. The Bertz CT molecular complexity index is 164. The van der Waals surface area contributed by atoms with Crippen LogP contribution in [0.1, 0.15) is 48.5 Å². The molecule has 1 nitrogen and oxygen atoms in total. The fourth-order valence-corrected chi connectivity index (χ4v) is 0.382. The molecular weight excluding hydrogens is 158 g/mol. The second kappa shape index (κ2) is 13.7. The van der Waals surface area contributed by atoms with Gasteiger partial charge in [-0.25, -0.2) is 0 Å². The molecule has 0 atom stereocenters. The van der Waals surface area contributed by atoms with Gasteiger partial charge in [-0.1, -0.05) is 40.9 Å². The van der Waals surface area contributed by atoms with E-state index >= 15 is 0 Å². The Morgan fingerprint density at radius 1 is 0.846 bits per heavy atom. The van der Waals surface area contributed by atoms with Crippen LogP contribution in [0.15, 0.2) is 29.4 Å². The molecule has 0 aliphatic rings.